The van der Waals surface area contributed by atoms with Crippen LogP contribution in [0, 0.1) is 23.2 Å². The number of hydrogen-bond donors (Lipinski definition) is 1. The summed E-state index contributed by atoms with van der Waals surface area (Å²) >= 11 is 0. The fourth-order valence-electron chi connectivity index (χ4n) is 3.71. The van der Waals surface area contributed by atoms with Gasteiger partial charge in [0, 0.05) is 5.69 Å². The summed E-state index contributed by atoms with van der Waals surface area (Å²) in [6.45, 7) is 0.918. The van der Waals surface area contributed by atoms with Gasteiger partial charge in [-0.25, -0.2) is 0 Å². The summed E-state index contributed by atoms with van der Waals surface area (Å²) in [4.78, 5) is 50.1. The number of nitrogens with zero attached hydrogens (tertiary/aromatic N) is 2. The van der Waals surface area contributed by atoms with Crippen LogP contribution < -0.4 is 5.32 Å². The third-order valence-corrected chi connectivity index (χ3v) is 5.16. The molecule has 3 rings (SSSR count). The molecule has 1 N–H and O–H groups in total. The number of nitrogens with one attached hydrogen (secondary N) is 1. The SMILES string of the molecule is C[C@@H](OC(=O)CN1C(=O)[C@H]2CCCC[C@H]2C1=O)C(=O)Nc1cccc(C#N)c1. The molecule has 1 heterocycles. The lowest BCUT2D eigenvalue weighted by atomic mass is 9.81. The molecule has 0 aromatic heterocycles. The maximum Gasteiger partial charge on any atom is 0.326 e. The number of carbonyl (C=O) groups is 4. The summed E-state index contributed by atoms with van der Waals surface area (Å²) in [6, 6.07) is 8.29. The van der Waals surface area contributed by atoms with Crippen LogP contribution in [0.3, 0.4) is 0 Å². The number of benzene rings is 1. The Hall–Kier alpha value is -3.21. The number of esters is 1. The molecule has 1 aromatic rings. The predicted octanol–water partition coefficient (Wildman–Crippen LogP) is 1.60. The monoisotopic (exact) mass is 383 g/mol. The second-order valence-electron chi connectivity index (χ2n) is 7.07. The summed E-state index contributed by atoms with van der Waals surface area (Å²) in [5, 5.41) is 11.4. The van der Waals surface area contributed by atoms with Crippen LogP contribution in [0.25, 0.3) is 0 Å². The van der Waals surface area contributed by atoms with Crippen molar-refractivity contribution in [2.45, 2.75) is 38.7 Å². The molecular formula is C20H21N3O5. The van der Waals surface area contributed by atoms with E-state index in [1.807, 2.05) is 6.07 Å². The van der Waals surface area contributed by atoms with E-state index in [0.717, 1.165) is 17.7 Å². The van der Waals surface area contributed by atoms with E-state index in [1.54, 1.807) is 18.2 Å². The number of imide groups is 1. The Bertz CT molecular complexity index is 836. The highest BCUT2D eigenvalue weighted by Crippen LogP contribution is 2.37. The minimum Gasteiger partial charge on any atom is -0.451 e. The average molecular weight is 383 g/mol. The van der Waals surface area contributed by atoms with Crippen LogP contribution >= 0.6 is 0 Å². The van der Waals surface area contributed by atoms with Gasteiger partial charge in [-0.2, -0.15) is 5.26 Å². The summed E-state index contributed by atoms with van der Waals surface area (Å²) < 4.78 is 5.09. The lowest BCUT2D eigenvalue weighted by Crippen LogP contribution is -2.39. The van der Waals surface area contributed by atoms with Crippen molar-refractivity contribution in [1.82, 2.24) is 4.90 Å². The lowest BCUT2D eigenvalue weighted by Gasteiger charge is -2.19. The Kier molecular flexibility index (Phi) is 5.73. The molecule has 146 valence electrons. The quantitative estimate of drug-likeness (QED) is 0.610. The average Bonchev–Trinajstić information content (AvgIpc) is 2.93. The fraction of sp³-hybridized carbons (Fsp3) is 0.450. The normalized spacial score (nSPS) is 22.2. The molecule has 3 atom stereocenters. The van der Waals surface area contributed by atoms with Gasteiger partial charge in [0.1, 0.15) is 6.54 Å². The molecular weight excluding hydrogens is 362 g/mol. The molecule has 1 saturated heterocycles. The van der Waals surface area contributed by atoms with Gasteiger partial charge in [-0.15, -0.1) is 0 Å². The fourth-order valence-corrected chi connectivity index (χ4v) is 3.71. The molecule has 0 bridgehead atoms. The van der Waals surface area contributed by atoms with Crippen molar-refractivity contribution in [3.63, 3.8) is 0 Å². The smallest absolute Gasteiger partial charge is 0.326 e. The van der Waals surface area contributed by atoms with E-state index < -0.39 is 24.5 Å². The van der Waals surface area contributed by atoms with Crippen LogP contribution in [-0.4, -0.2) is 41.2 Å². The molecule has 2 aliphatic rings. The Morgan fingerprint density at radius 3 is 2.50 bits per heavy atom. The number of anilines is 1. The molecule has 0 unspecified atom stereocenters. The highest BCUT2D eigenvalue weighted by atomic mass is 16.5. The van der Waals surface area contributed by atoms with E-state index in [1.165, 1.54) is 13.0 Å². The molecule has 1 aliphatic heterocycles. The molecule has 1 aromatic carbocycles. The summed E-state index contributed by atoms with van der Waals surface area (Å²) in [5.41, 5.74) is 0.788. The van der Waals surface area contributed by atoms with Crippen LogP contribution in [0.2, 0.25) is 0 Å². The molecule has 1 aliphatic carbocycles. The van der Waals surface area contributed by atoms with Crippen molar-refractivity contribution in [3.05, 3.63) is 29.8 Å². The second-order valence-corrected chi connectivity index (χ2v) is 7.07. The maximum atomic E-state index is 12.4. The van der Waals surface area contributed by atoms with Gasteiger partial charge in [-0.1, -0.05) is 18.9 Å². The van der Waals surface area contributed by atoms with E-state index in [9.17, 15) is 19.2 Å². The van der Waals surface area contributed by atoms with E-state index >= 15 is 0 Å². The second kappa shape index (κ2) is 8.21. The molecule has 8 nitrogen and oxygen atoms in total. The van der Waals surface area contributed by atoms with E-state index in [4.69, 9.17) is 10.00 Å². The van der Waals surface area contributed by atoms with Crippen molar-refractivity contribution in [2.24, 2.45) is 11.8 Å². The molecule has 3 amide bonds. The third kappa shape index (κ3) is 4.03. The Morgan fingerprint density at radius 2 is 1.89 bits per heavy atom. The molecule has 8 heteroatoms. The first-order chi connectivity index (χ1) is 13.4. The Balaban J connectivity index is 1.55. The van der Waals surface area contributed by atoms with Crippen molar-refractivity contribution in [2.75, 3.05) is 11.9 Å². The van der Waals surface area contributed by atoms with Crippen molar-refractivity contribution < 1.29 is 23.9 Å². The minimum absolute atomic E-state index is 0.322. The van der Waals surface area contributed by atoms with Crippen LogP contribution in [0.5, 0.6) is 0 Å². The Labute approximate surface area is 162 Å². The summed E-state index contributed by atoms with van der Waals surface area (Å²) in [6.07, 6.45) is 2.03. The molecule has 1 saturated carbocycles. The molecule has 0 radical (unpaired) electrons. The standard InChI is InChI=1S/C20H21N3O5/c1-12(18(25)22-14-6-4-5-13(9-14)10-21)28-17(24)11-23-19(26)15-7-2-3-8-16(15)20(23)27/h4-6,9,12,15-16H,2-3,7-8,11H2,1H3,(H,22,25)/t12-,15-,16+/m1/s1. The lowest BCUT2D eigenvalue weighted by molar-refractivity contribution is -0.158. The van der Waals surface area contributed by atoms with E-state index in [0.29, 0.717) is 24.1 Å². The van der Waals surface area contributed by atoms with Crippen LogP contribution in [0.1, 0.15) is 38.2 Å². The van der Waals surface area contributed by atoms with Gasteiger partial charge in [0.2, 0.25) is 11.8 Å². The number of fused-ring (bicyclic) bond motifs is 1. The van der Waals surface area contributed by atoms with Gasteiger partial charge < -0.3 is 10.1 Å². The van der Waals surface area contributed by atoms with Crippen LogP contribution in [0.15, 0.2) is 24.3 Å². The van der Waals surface area contributed by atoms with Crippen molar-refractivity contribution >= 4 is 29.4 Å². The van der Waals surface area contributed by atoms with Crippen LogP contribution in [-0.2, 0) is 23.9 Å². The Morgan fingerprint density at radius 1 is 1.25 bits per heavy atom. The van der Waals surface area contributed by atoms with Gasteiger partial charge in [0.25, 0.3) is 5.91 Å². The summed E-state index contributed by atoms with van der Waals surface area (Å²) in [7, 11) is 0. The molecule has 2 fully saturated rings. The highest BCUT2D eigenvalue weighted by Gasteiger charge is 2.48. The first kappa shape index (κ1) is 19.5. The largest absolute Gasteiger partial charge is 0.451 e. The number of likely N-dealkylation sites (tertiary alicyclic amines) is 1. The topological polar surface area (TPSA) is 117 Å². The number of carbonyl (C=O) groups excluding carboxylic acids is 4. The maximum absolute atomic E-state index is 12.4. The first-order valence-electron chi connectivity index (χ1n) is 9.26. The van der Waals surface area contributed by atoms with Gasteiger partial charge in [0.15, 0.2) is 6.10 Å². The number of ether oxygens (including phenoxy) is 1. The van der Waals surface area contributed by atoms with Crippen molar-refractivity contribution in [1.29, 1.82) is 5.26 Å². The van der Waals surface area contributed by atoms with E-state index in [-0.39, 0.29) is 23.7 Å². The molecule has 0 spiro atoms. The predicted molar refractivity (Wildman–Crippen MR) is 97.5 cm³/mol. The number of rotatable bonds is 5. The summed E-state index contributed by atoms with van der Waals surface area (Å²) in [5.74, 6) is -2.69. The number of nitriles is 1. The number of hydrogen-bond acceptors (Lipinski definition) is 6. The van der Waals surface area contributed by atoms with Crippen LogP contribution in [0.4, 0.5) is 5.69 Å². The van der Waals surface area contributed by atoms with Gasteiger partial charge in [-0.05, 0) is 38.0 Å². The van der Waals surface area contributed by atoms with Crippen molar-refractivity contribution in [3.8, 4) is 6.07 Å². The van der Waals surface area contributed by atoms with E-state index in [2.05, 4.69) is 5.32 Å². The molecule has 28 heavy (non-hydrogen) atoms. The first-order valence-corrected chi connectivity index (χ1v) is 9.26. The zero-order chi connectivity index (χ0) is 20.3. The minimum atomic E-state index is -1.12. The van der Waals surface area contributed by atoms with Gasteiger partial charge in [0.05, 0.1) is 23.5 Å². The number of amides is 3. The third-order valence-electron chi connectivity index (χ3n) is 5.16. The van der Waals surface area contributed by atoms with Gasteiger partial charge in [-0.3, -0.25) is 24.1 Å². The van der Waals surface area contributed by atoms with Gasteiger partial charge >= 0.3 is 5.97 Å². The zero-order valence-electron chi connectivity index (χ0n) is 15.5. The zero-order valence-corrected chi connectivity index (χ0v) is 15.5. The highest BCUT2D eigenvalue weighted by molar-refractivity contribution is 6.07.